The third-order valence-electron chi connectivity index (χ3n) is 6.04. The van der Waals surface area contributed by atoms with E-state index in [9.17, 15) is 9.59 Å². The predicted octanol–water partition coefficient (Wildman–Crippen LogP) is 2.13. The summed E-state index contributed by atoms with van der Waals surface area (Å²) in [6.45, 7) is 5.57. The Kier molecular flexibility index (Phi) is 5.82. The lowest BCUT2D eigenvalue weighted by molar-refractivity contribution is 0.102. The molecule has 1 atom stereocenters. The van der Waals surface area contributed by atoms with Crippen LogP contribution in [-0.4, -0.2) is 53.8 Å². The Morgan fingerprint density at radius 2 is 2.10 bits per heavy atom. The minimum Gasteiger partial charge on any atom is -0.427 e. The molecule has 2 aromatic rings. The molecule has 4 heterocycles. The number of carbonyl (C=O) groups is 1. The first-order chi connectivity index (χ1) is 14.0. The fraction of sp³-hybridized carbons (Fsp3) is 0.571. The Balaban J connectivity index is 1.52. The van der Waals surface area contributed by atoms with Gasteiger partial charge < -0.3 is 20.0 Å². The van der Waals surface area contributed by atoms with Crippen LogP contribution in [0.5, 0.6) is 0 Å². The number of hydrogen-bond acceptors (Lipinski definition) is 6. The van der Waals surface area contributed by atoms with Gasteiger partial charge in [-0.1, -0.05) is 0 Å². The molecule has 2 aliphatic heterocycles. The second-order valence-corrected chi connectivity index (χ2v) is 8.19. The van der Waals surface area contributed by atoms with Crippen molar-refractivity contribution < 1.29 is 9.21 Å². The maximum atomic E-state index is 12.9. The average Bonchev–Trinajstić information content (AvgIpc) is 3.16. The van der Waals surface area contributed by atoms with Crippen LogP contribution < -0.4 is 16.3 Å². The lowest BCUT2D eigenvalue weighted by atomic mass is 9.95. The summed E-state index contributed by atoms with van der Waals surface area (Å²) in [6, 6.07) is 3.85. The third-order valence-corrected chi connectivity index (χ3v) is 6.04. The molecular weight excluding hydrogens is 370 g/mol. The first-order valence-corrected chi connectivity index (χ1v) is 10.4. The number of rotatable bonds is 4. The number of likely N-dealkylation sites (tertiary alicyclic amines) is 1. The van der Waals surface area contributed by atoms with Crippen molar-refractivity contribution in [1.82, 2.24) is 20.0 Å². The molecule has 4 rings (SSSR count). The molecule has 0 bridgehead atoms. The molecule has 0 aliphatic carbocycles. The smallest absolute Gasteiger partial charge is 0.349 e. The van der Waals surface area contributed by atoms with Crippen molar-refractivity contribution in [1.29, 1.82) is 0 Å². The minimum absolute atomic E-state index is 0.0636. The highest BCUT2D eigenvalue weighted by molar-refractivity contribution is 6.04. The molecule has 2 fully saturated rings. The van der Waals surface area contributed by atoms with Gasteiger partial charge in [-0.3, -0.25) is 4.79 Å². The number of piperidine rings is 2. The highest BCUT2D eigenvalue weighted by atomic mass is 16.4. The Bertz CT molecular complexity index is 921. The molecule has 8 nitrogen and oxygen atoms in total. The van der Waals surface area contributed by atoms with E-state index in [-0.39, 0.29) is 17.5 Å². The number of hydrogen-bond donors (Lipinski definition) is 2. The fourth-order valence-electron chi connectivity index (χ4n) is 4.32. The molecule has 8 heteroatoms. The Hall–Kier alpha value is -2.45. The molecule has 1 unspecified atom stereocenters. The number of aryl methyl sites for hydroxylation is 1. The van der Waals surface area contributed by atoms with Crippen molar-refractivity contribution in [2.24, 2.45) is 0 Å². The van der Waals surface area contributed by atoms with Crippen molar-refractivity contribution in [2.75, 3.05) is 38.5 Å². The van der Waals surface area contributed by atoms with E-state index in [0.717, 1.165) is 51.9 Å². The van der Waals surface area contributed by atoms with Crippen LogP contribution in [0.4, 0.5) is 5.82 Å². The average molecular weight is 399 g/mol. The van der Waals surface area contributed by atoms with Crippen molar-refractivity contribution in [3.05, 3.63) is 45.6 Å². The molecule has 2 saturated heterocycles. The largest absolute Gasteiger partial charge is 0.427 e. The number of carbonyl (C=O) groups excluding carboxylic acids is 1. The molecule has 0 saturated carbocycles. The second kappa shape index (κ2) is 8.51. The lowest BCUT2D eigenvalue weighted by Crippen LogP contribution is -2.33. The molecular formula is C21H29N5O3. The first-order valence-electron chi connectivity index (χ1n) is 10.4. The summed E-state index contributed by atoms with van der Waals surface area (Å²) < 4.78 is 7.41. The standard InChI is InChI=1S/C21H29N5O3/c1-14-12-17(15-4-3-8-22-13-15)29-21(28)19(14)20(27)24-18-5-9-23-26(18)16-6-10-25(2)11-7-16/h5,9,12,15-16,22H,3-4,6-8,10-11,13H2,1-2H3,(H,24,27). The topological polar surface area (TPSA) is 92.4 Å². The van der Waals surface area contributed by atoms with Crippen molar-refractivity contribution in [3.63, 3.8) is 0 Å². The SMILES string of the molecule is Cc1cc(C2CCCNC2)oc(=O)c1C(=O)Nc1ccnn1C1CCN(C)CC1. The predicted molar refractivity (Wildman–Crippen MR) is 111 cm³/mol. The summed E-state index contributed by atoms with van der Waals surface area (Å²) >= 11 is 0. The second-order valence-electron chi connectivity index (χ2n) is 8.19. The quantitative estimate of drug-likeness (QED) is 0.818. The van der Waals surface area contributed by atoms with Crippen LogP contribution in [0.25, 0.3) is 0 Å². The van der Waals surface area contributed by atoms with Gasteiger partial charge in [0.1, 0.15) is 17.1 Å². The molecule has 0 aromatic carbocycles. The van der Waals surface area contributed by atoms with Crippen molar-refractivity contribution in [2.45, 2.75) is 44.6 Å². The molecule has 1 amide bonds. The Morgan fingerprint density at radius 1 is 1.31 bits per heavy atom. The zero-order valence-corrected chi connectivity index (χ0v) is 17.1. The molecule has 2 aliphatic rings. The maximum Gasteiger partial charge on any atom is 0.349 e. The summed E-state index contributed by atoms with van der Waals surface area (Å²) in [5.41, 5.74) is 0.131. The zero-order chi connectivity index (χ0) is 20.4. The maximum absolute atomic E-state index is 12.9. The summed E-state index contributed by atoms with van der Waals surface area (Å²) in [7, 11) is 2.11. The fourth-order valence-corrected chi connectivity index (χ4v) is 4.32. The molecule has 29 heavy (non-hydrogen) atoms. The van der Waals surface area contributed by atoms with Gasteiger partial charge in [0, 0.05) is 18.5 Å². The number of anilines is 1. The number of nitrogens with one attached hydrogen (secondary N) is 2. The molecule has 2 N–H and O–H groups in total. The summed E-state index contributed by atoms with van der Waals surface area (Å²) in [4.78, 5) is 27.8. The van der Waals surface area contributed by atoms with Crippen LogP contribution >= 0.6 is 0 Å². The van der Waals surface area contributed by atoms with Gasteiger partial charge >= 0.3 is 5.63 Å². The van der Waals surface area contributed by atoms with E-state index in [1.165, 1.54) is 0 Å². The van der Waals surface area contributed by atoms with Crippen LogP contribution in [0, 0.1) is 6.92 Å². The van der Waals surface area contributed by atoms with Gasteiger partial charge in [-0.05, 0) is 70.9 Å². The van der Waals surface area contributed by atoms with Gasteiger partial charge in [-0.15, -0.1) is 0 Å². The van der Waals surface area contributed by atoms with E-state index in [1.807, 2.05) is 10.7 Å². The summed E-state index contributed by atoms with van der Waals surface area (Å²) in [5, 5.41) is 10.6. The highest BCUT2D eigenvalue weighted by Gasteiger charge is 2.25. The summed E-state index contributed by atoms with van der Waals surface area (Å²) in [6.07, 6.45) is 5.68. The number of nitrogens with zero attached hydrogens (tertiary/aromatic N) is 3. The minimum atomic E-state index is -0.576. The van der Waals surface area contributed by atoms with Crippen LogP contribution in [0.15, 0.2) is 27.5 Å². The molecule has 0 radical (unpaired) electrons. The first kappa shape index (κ1) is 19.8. The third kappa shape index (κ3) is 4.28. The molecule has 2 aromatic heterocycles. The van der Waals surface area contributed by atoms with Gasteiger partial charge in [-0.25, -0.2) is 9.48 Å². The van der Waals surface area contributed by atoms with Gasteiger partial charge in [0.15, 0.2) is 0 Å². The van der Waals surface area contributed by atoms with Crippen LogP contribution in [0.3, 0.4) is 0 Å². The Morgan fingerprint density at radius 3 is 2.79 bits per heavy atom. The lowest BCUT2D eigenvalue weighted by Gasteiger charge is -2.30. The molecule has 0 spiro atoms. The Labute approximate surface area is 170 Å². The number of aromatic nitrogens is 2. The van der Waals surface area contributed by atoms with Crippen LogP contribution in [-0.2, 0) is 0 Å². The zero-order valence-electron chi connectivity index (χ0n) is 17.1. The van der Waals surface area contributed by atoms with Crippen molar-refractivity contribution in [3.8, 4) is 0 Å². The van der Waals surface area contributed by atoms with Crippen LogP contribution in [0.1, 0.15) is 59.3 Å². The van der Waals surface area contributed by atoms with Gasteiger partial charge in [0.2, 0.25) is 0 Å². The van der Waals surface area contributed by atoms with Gasteiger partial charge in [-0.2, -0.15) is 5.10 Å². The van der Waals surface area contributed by atoms with E-state index in [1.54, 1.807) is 19.2 Å². The van der Waals surface area contributed by atoms with Crippen molar-refractivity contribution >= 4 is 11.7 Å². The van der Waals surface area contributed by atoms with Gasteiger partial charge in [0.25, 0.3) is 5.91 Å². The van der Waals surface area contributed by atoms with E-state index < -0.39 is 11.5 Å². The van der Waals surface area contributed by atoms with E-state index >= 15 is 0 Å². The van der Waals surface area contributed by atoms with E-state index in [0.29, 0.717) is 17.1 Å². The van der Waals surface area contributed by atoms with E-state index in [4.69, 9.17) is 4.42 Å². The van der Waals surface area contributed by atoms with Gasteiger partial charge in [0.05, 0.1) is 12.2 Å². The highest BCUT2D eigenvalue weighted by Crippen LogP contribution is 2.26. The monoisotopic (exact) mass is 399 g/mol. The molecule has 156 valence electrons. The van der Waals surface area contributed by atoms with E-state index in [2.05, 4.69) is 27.7 Å². The summed E-state index contributed by atoms with van der Waals surface area (Å²) in [5.74, 6) is 1.01. The number of amides is 1. The van der Waals surface area contributed by atoms with Crippen LogP contribution in [0.2, 0.25) is 0 Å². The normalized spacial score (nSPS) is 21.2.